The average Bonchev–Trinajstić information content (AvgIpc) is 2.59. The molecule has 1 N–H and O–H groups in total. The molecule has 5 nitrogen and oxygen atoms in total. The molecule has 16 heavy (non-hydrogen) atoms. The molecule has 2 rings (SSSR count). The van der Waals surface area contributed by atoms with Crippen molar-refractivity contribution in [1.82, 2.24) is 9.80 Å². The van der Waals surface area contributed by atoms with Gasteiger partial charge in [0.1, 0.15) is 6.54 Å². The quantitative estimate of drug-likeness (QED) is 0.727. The van der Waals surface area contributed by atoms with Crippen molar-refractivity contribution in [3.05, 3.63) is 0 Å². The zero-order chi connectivity index (χ0) is 11.8. The van der Waals surface area contributed by atoms with Crippen LogP contribution in [0.5, 0.6) is 0 Å². The van der Waals surface area contributed by atoms with E-state index in [1.807, 2.05) is 6.92 Å². The number of carbonyl (C=O) groups is 2. The minimum Gasteiger partial charge on any atom is -0.386 e. The van der Waals surface area contributed by atoms with E-state index in [2.05, 4.69) is 0 Å². The van der Waals surface area contributed by atoms with E-state index in [0.29, 0.717) is 31.1 Å². The minimum absolute atomic E-state index is 0.0321. The molecule has 0 spiro atoms. The van der Waals surface area contributed by atoms with Gasteiger partial charge in [0.05, 0.1) is 30.3 Å². The van der Waals surface area contributed by atoms with Crippen LogP contribution in [0.3, 0.4) is 0 Å². The molecule has 6 heteroatoms. The standard InChI is InChI=1S/C10H16N2O3S/c1-2-10(15)5-12(6-10)8(13)3-11-7-16-4-9(11)14/h15H,2-7H2,1H3. The molecule has 2 amide bonds. The Labute approximate surface area is 98.8 Å². The Kier molecular flexibility index (Phi) is 3.12. The predicted octanol–water partition coefficient (Wildman–Crippen LogP) is -0.497. The Morgan fingerprint density at radius 1 is 1.56 bits per heavy atom. The monoisotopic (exact) mass is 244 g/mol. The Morgan fingerprint density at radius 2 is 2.25 bits per heavy atom. The van der Waals surface area contributed by atoms with Crippen LogP contribution in [0.2, 0.25) is 0 Å². The van der Waals surface area contributed by atoms with E-state index in [1.54, 1.807) is 9.80 Å². The van der Waals surface area contributed by atoms with E-state index in [-0.39, 0.29) is 18.4 Å². The van der Waals surface area contributed by atoms with E-state index in [1.165, 1.54) is 11.8 Å². The number of hydrogen-bond acceptors (Lipinski definition) is 4. The van der Waals surface area contributed by atoms with Crippen molar-refractivity contribution >= 4 is 23.6 Å². The van der Waals surface area contributed by atoms with Crippen molar-refractivity contribution < 1.29 is 14.7 Å². The molecule has 0 aromatic rings. The molecule has 0 saturated carbocycles. The molecule has 90 valence electrons. The summed E-state index contributed by atoms with van der Waals surface area (Å²) in [6.07, 6.45) is 0.662. The van der Waals surface area contributed by atoms with Gasteiger partial charge in [0.25, 0.3) is 0 Å². The van der Waals surface area contributed by atoms with Crippen LogP contribution >= 0.6 is 11.8 Å². The van der Waals surface area contributed by atoms with Crippen LogP contribution in [0, 0.1) is 0 Å². The SMILES string of the molecule is CCC1(O)CN(C(=O)CN2CSCC2=O)C1. The van der Waals surface area contributed by atoms with Gasteiger partial charge >= 0.3 is 0 Å². The minimum atomic E-state index is -0.695. The summed E-state index contributed by atoms with van der Waals surface area (Å²) in [5.41, 5.74) is -0.695. The lowest BCUT2D eigenvalue weighted by molar-refractivity contribution is -0.158. The lowest BCUT2D eigenvalue weighted by Crippen LogP contribution is -2.64. The van der Waals surface area contributed by atoms with Crippen LogP contribution in [0.4, 0.5) is 0 Å². The highest BCUT2D eigenvalue weighted by Gasteiger charge is 2.42. The largest absolute Gasteiger partial charge is 0.386 e. The van der Waals surface area contributed by atoms with Crippen LogP contribution < -0.4 is 0 Å². The maximum atomic E-state index is 11.7. The van der Waals surface area contributed by atoms with Gasteiger partial charge in [-0.1, -0.05) is 6.92 Å². The van der Waals surface area contributed by atoms with Gasteiger partial charge in [-0.15, -0.1) is 11.8 Å². The molecule has 0 unspecified atom stereocenters. The number of β-amino-alcohol motifs (C(OH)–C–C–N with tert-alkyl or cyclic N) is 1. The van der Waals surface area contributed by atoms with E-state index in [9.17, 15) is 14.7 Å². The number of carbonyl (C=O) groups excluding carboxylic acids is 2. The highest BCUT2D eigenvalue weighted by atomic mass is 32.2. The lowest BCUT2D eigenvalue weighted by atomic mass is 9.91. The Balaban J connectivity index is 1.80. The maximum Gasteiger partial charge on any atom is 0.242 e. The second kappa shape index (κ2) is 4.25. The van der Waals surface area contributed by atoms with Gasteiger partial charge in [0.15, 0.2) is 0 Å². The Hall–Kier alpha value is -0.750. The zero-order valence-electron chi connectivity index (χ0n) is 9.31. The molecule has 2 aliphatic rings. The Morgan fingerprint density at radius 3 is 2.75 bits per heavy atom. The topological polar surface area (TPSA) is 60.9 Å². The van der Waals surface area contributed by atoms with Crippen molar-refractivity contribution in [1.29, 1.82) is 0 Å². The molecule has 2 saturated heterocycles. The van der Waals surface area contributed by atoms with Gasteiger partial charge < -0.3 is 14.9 Å². The molecule has 0 aromatic heterocycles. The predicted molar refractivity (Wildman–Crippen MR) is 60.9 cm³/mol. The van der Waals surface area contributed by atoms with E-state index in [0.717, 1.165) is 0 Å². The highest BCUT2D eigenvalue weighted by molar-refractivity contribution is 8.00. The first kappa shape index (κ1) is 11.7. The maximum absolute atomic E-state index is 11.7. The molecule has 2 aliphatic heterocycles. The Bertz CT molecular complexity index is 315. The van der Waals surface area contributed by atoms with Gasteiger partial charge in [0, 0.05) is 0 Å². The number of nitrogens with zero attached hydrogens (tertiary/aromatic N) is 2. The van der Waals surface area contributed by atoms with E-state index in [4.69, 9.17) is 0 Å². The first-order chi connectivity index (χ1) is 7.54. The molecular formula is C10H16N2O3S. The van der Waals surface area contributed by atoms with Gasteiger partial charge in [-0.3, -0.25) is 9.59 Å². The summed E-state index contributed by atoms with van der Waals surface area (Å²) in [4.78, 5) is 26.2. The van der Waals surface area contributed by atoms with Crippen molar-refractivity contribution in [3.63, 3.8) is 0 Å². The summed E-state index contributed by atoms with van der Waals surface area (Å²) in [6, 6.07) is 0. The molecule has 0 radical (unpaired) electrons. The summed E-state index contributed by atoms with van der Waals surface area (Å²) >= 11 is 1.53. The number of rotatable bonds is 3. The fourth-order valence-electron chi connectivity index (χ4n) is 1.87. The van der Waals surface area contributed by atoms with Crippen molar-refractivity contribution in [2.45, 2.75) is 18.9 Å². The molecule has 2 fully saturated rings. The number of hydrogen-bond donors (Lipinski definition) is 1. The summed E-state index contributed by atoms with van der Waals surface area (Å²) in [7, 11) is 0. The van der Waals surface area contributed by atoms with Crippen LogP contribution in [0.15, 0.2) is 0 Å². The summed E-state index contributed by atoms with van der Waals surface area (Å²) in [5, 5.41) is 9.77. The van der Waals surface area contributed by atoms with Crippen LogP contribution in [0.1, 0.15) is 13.3 Å². The molecule has 2 heterocycles. The third-order valence-electron chi connectivity index (χ3n) is 3.13. The van der Waals surface area contributed by atoms with Gasteiger partial charge in [-0.05, 0) is 6.42 Å². The number of amides is 2. The smallest absolute Gasteiger partial charge is 0.242 e. The summed E-state index contributed by atoms with van der Waals surface area (Å²) in [5.74, 6) is 1.06. The number of thioether (sulfide) groups is 1. The highest BCUT2D eigenvalue weighted by Crippen LogP contribution is 2.24. The molecule has 0 bridgehead atoms. The third-order valence-corrected chi connectivity index (χ3v) is 4.08. The van der Waals surface area contributed by atoms with Crippen LogP contribution in [0.25, 0.3) is 0 Å². The van der Waals surface area contributed by atoms with Gasteiger partial charge in [-0.25, -0.2) is 0 Å². The molecule has 0 aromatic carbocycles. The molecular weight excluding hydrogens is 228 g/mol. The fraction of sp³-hybridized carbons (Fsp3) is 0.800. The zero-order valence-corrected chi connectivity index (χ0v) is 10.1. The average molecular weight is 244 g/mol. The normalized spacial score (nSPS) is 23.5. The first-order valence-corrected chi connectivity index (χ1v) is 6.55. The fourth-order valence-corrected chi connectivity index (χ4v) is 2.77. The van der Waals surface area contributed by atoms with Gasteiger partial charge in [0.2, 0.25) is 11.8 Å². The first-order valence-electron chi connectivity index (χ1n) is 5.40. The van der Waals surface area contributed by atoms with E-state index >= 15 is 0 Å². The molecule has 0 aliphatic carbocycles. The second-order valence-electron chi connectivity index (χ2n) is 4.40. The third kappa shape index (κ3) is 2.17. The second-order valence-corrected chi connectivity index (χ2v) is 5.35. The van der Waals surface area contributed by atoms with Crippen molar-refractivity contribution in [3.8, 4) is 0 Å². The van der Waals surface area contributed by atoms with Crippen LogP contribution in [-0.2, 0) is 9.59 Å². The lowest BCUT2D eigenvalue weighted by Gasteiger charge is -2.46. The van der Waals surface area contributed by atoms with E-state index < -0.39 is 5.60 Å². The summed E-state index contributed by atoms with van der Waals surface area (Å²) in [6.45, 7) is 2.86. The van der Waals surface area contributed by atoms with Crippen molar-refractivity contribution in [2.24, 2.45) is 0 Å². The number of aliphatic hydroxyl groups is 1. The van der Waals surface area contributed by atoms with Crippen LogP contribution in [-0.4, -0.2) is 63.6 Å². The van der Waals surface area contributed by atoms with Crippen molar-refractivity contribution in [2.75, 3.05) is 31.3 Å². The molecule has 0 atom stereocenters. The summed E-state index contributed by atoms with van der Waals surface area (Å²) < 4.78 is 0. The number of likely N-dealkylation sites (tertiary alicyclic amines) is 1. The van der Waals surface area contributed by atoms with Gasteiger partial charge in [-0.2, -0.15) is 0 Å².